The van der Waals surface area contributed by atoms with E-state index in [-0.39, 0.29) is 12.5 Å². The molecule has 0 fully saturated rings. The lowest BCUT2D eigenvalue weighted by molar-refractivity contribution is -0.136. The Hall–Kier alpha value is -1.09. The van der Waals surface area contributed by atoms with Gasteiger partial charge in [-0.25, -0.2) is 0 Å². The molecule has 0 heterocycles. The molecule has 0 aromatic rings. The summed E-state index contributed by atoms with van der Waals surface area (Å²) in [6.45, 7) is 0. The van der Waals surface area contributed by atoms with Crippen molar-refractivity contribution in [2.45, 2.75) is 18.9 Å². The second-order valence-electron chi connectivity index (χ2n) is 2.61. The van der Waals surface area contributed by atoms with Gasteiger partial charge in [-0.15, -0.1) is 0 Å². The molecule has 3 heteroatoms. The zero-order valence-electron chi connectivity index (χ0n) is 6.16. The van der Waals surface area contributed by atoms with E-state index in [9.17, 15) is 4.79 Å². The number of allylic oxidation sites excluding steroid dienone is 1. The molecule has 0 radical (unpaired) electrons. The molecule has 0 bridgehead atoms. The first-order chi connectivity index (χ1) is 5.18. The quantitative estimate of drug-likeness (QED) is 0.613. The third-order valence-electron chi connectivity index (χ3n) is 1.57. The normalized spacial score (nSPS) is 23.0. The van der Waals surface area contributed by atoms with Gasteiger partial charge in [0.25, 0.3) is 0 Å². The monoisotopic (exact) mass is 153 g/mol. The van der Waals surface area contributed by atoms with Crippen molar-refractivity contribution < 1.29 is 9.90 Å². The fraction of sp³-hybridized carbons (Fsp3) is 0.375. The lowest BCUT2D eigenvalue weighted by atomic mass is 10.0. The van der Waals surface area contributed by atoms with Crippen molar-refractivity contribution in [3.63, 3.8) is 0 Å². The molecule has 11 heavy (non-hydrogen) atoms. The predicted octanol–water partition coefficient (Wildman–Crippen LogP) is 0.675. The van der Waals surface area contributed by atoms with E-state index < -0.39 is 5.97 Å². The smallest absolute Gasteiger partial charge is 0.307 e. The van der Waals surface area contributed by atoms with Gasteiger partial charge in [0.1, 0.15) is 0 Å². The molecule has 1 unspecified atom stereocenters. The Balaban J connectivity index is 2.50. The number of carboxylic acid groups (broad SMARTS) is 1. The van der Waals surface area contributed by atoms with E-state index in [1.807, 2.05) is 12.2 Å². The van der Waals surface area contributed by atoms with Crippen LogP contribution in [0.25, 0.3) is 0 Å². The summed E-state index contributed by atoms with van der Waals surface area (Å²) in [5, 5.41) is 8.43. The van der Waals surface area contributed by atoms with Gasteiger partial charge in [-0.2, -0.15) is 0 Å². The van der Waals surface area contributed by atoms with E-state index in [0.29, 0.717) is 0 Å². The van der Waals surface area contributed by atoms with E-state index in [2.05, 4.69) is 0 Å². The van der Waals surface area contributed by atoms with Gasteiger partial charge in [-0.3, -0.25) is 4.79 Å². The number of carboxylic acids is 1. The summed E-state index contributed by atoms with van der Waals surface area (Å²) in [5.74, 6) is -0.795. The molecule has 0 aliphatic heterocycles. The van der Waals surface area contributed by atoms with Gasteiger partial charge >= 0.3 is 5.97 Å². The molecule has 0 saturated heterocycles. The molecule has 1 aliphatic rings. The van der Waals surface area contributed by atoms with E-state index in [4.69, 9.17) is 10.8 Å². The fourth-order valence-electron chi connectivity index (χ4n) is 0.987. The van der Waals surface area contributed by atoms with Gasteiger partial charge in [0.05, 0.1) is 6.42 Å². The summed E-state index contributed by atoms with van der Waals surface area (Å²) < 4.78 is 0. The van der Waals surface area contributed by atoms with E-state index >= 15 is 0 Å². The Morgan fingerprint density at radius 3 is 3.00 bits per heavy atom. The molecule has 1 aliphatic carbocycles. The maximum absolute atomic E-state index is 10.2. The first kappa shape index (κ1) is 8.01. The van der Waals surface area contributed by atoms with E-state index in [0.717, 1.165) is 12.0 Å². The van der Waals surface area contributed by atoms with Crippen LogP contribution in [-0.2, 0) is 4.79 Å². The first-order valence-corrected chi connectivity index (χ1v) is 3.53. The minimum Gasteiger partial charge on any atom is -0.481 e. The third-order valence-corrected chi connectivity index (χ3v) is 1.57. The highest BCUT2D eigenvalue weighted by atomic mass is 16.4. The van der Waals surface area contributed by atoms with Crippen molar-refractivity contribution in [2.24, 2.45) is 5.73 Å². The predicted molar refractivity (Wildman–Crippen MR) is 42.1 cm³/mol. The van der Waals surface area contributed by atoms with E-state index in [1.165, 1.54) is 0 Å². The van der Waals surface area contributed by atoms with Crippen LogP contribution < -0.4 is 5.73 Å². The van der Waals surface area contributed by atoms with Crippen LogP contribution >= 0.6 is 0 Å². The molecule has 3 nitrogen and oxygen atoms in total. The first-order valence-electron chi connectivity index (χ1n) is 3.53. The Kier molecular flexibility index (Phi) is 2.44. The van der Waals surface area contributed by atoms with Crippen LogP contribution in [0.15, 0.2) is 23.8 Å². The molecule has 3 N–H and O–H groups in total. The lowest BCUT2D eigenvalue weighted by Crippen LogP contribution is -2.17. The average molecular weight is 153 g/mol. The number of aliphatic carboxylic acids is 1. The number of hydrogen-bond donors (Lipinski definition) is 2. The minimum absolute atomic E-state index is 0.0625. The molecule has 0 aromatic heterocycles. The Morgan fingerprint density at radius 2 is 2.55 bits per heavy atom. The summed E-state index contributed by atoms with van der Waals surface area (Å²) in [6.07, 6.45) is 6.34. The summed E-state index contributed by atoms with van der Waals surface area (Å²) in [5.41, 5.74) is 6.40. The molecule has 1 atom stereocenters. The van der Waals surface area contributed by atoms with Crippen molar-refractivity contribution in [2.75, 3.05) is 0 Å². The van der Waals surface area contributed by atoms with Crippen LogP contribution in [0, 0.1) is 0 Å². The van der Waals surface area contributed by atoms with Crippen molar-refractivity contribution in [1.82, 2.24) is 0 Å². The molecule has 0 saturated carbocycles. The molecule has 0 amide bonds. The SMILES string of the molecule is NC1C=CC(CC(=O)O)=CC1. The summed E-state index contributed by atoms with van der Waals surface area (Å²) >= 11 is 0. The number of rotatable bonds is 2. The minimum atomic E-state index is -0.795. The molecule has 1 rings (SSSR count). The Bertz CT molecular complexity index is 218. The Morgan fingerprint density at radius 1 is 1.82 bits per heavy atom. The third kappa shape index (κ3) is 2.55. The standard InChI is InChI=1S/C8H11NO2/c9-7-3-1-6(2-4-7)5-8(10)11/h1-3,7H,4-5,9H2,(H,10,11). The van der Waals surface area contributed by atoms with Gasteiger partial charge in [-0.1, -0.05) is 18.2 Å². The zero-order valence-corrected chi connectivity index (χ0v) is 6.16. The van der Waals surface area contributed by atoms with Crippen molar-refractivity contribution in [1.29, 1.82) is 0 Å². The summed E-state index contributed by atoms with van der Waals surface area (Å²) in [7, 11) is 0. The second kappa shape index (κ2) is 3.34. The van der Waals surface area contributed by atoms with Gasteiger partial charge in [0.2, 0.25) is 0 Å². The second-order valence-corrected chi connectivity index (χ2v) is 2.61. The van der Waals surface area contributed by atoms with Crippen LogP contribution in [0.5, 0.6) is 0 Å². The Labute approximate surface area is 65.2 Å². The zero-order chi connectivity index (χ0) is 8.27. The van der Waals surface area contributed by atoms with Crippen LogP contribution in [0.4, 0.5) is 0 Å². The van der Waals surface area contributed by atoms with Gasteiger partial charge < -0.3 is 10.8 Å². The lowest BCUT2D eigenvalue weighted by Gasteiger charge is -2.09. The number of hydrogen-bond acceptors (Lipinski definition) is 2. The highest BCUT2D eigenvalue weighted by Gasteiger charge is 2.06. The van der Waals surface area contributed by atoms with Crippen LogP contribution in [0.2, 0.25) is 0 Å². The number of nitrogens with two attached hydrogens (primary N) is 1. The van der Waals surface area contributed by atoms with Crippen LogP contribution in [0.1, 0.15) is 12.8 Å². The van der Waals surface area contributed by atoms with Crippen molar-refractivity contribution >= 4 is 5.97 Å². The molecule has 60 valence electrons. The highest BCUT2D eigenvalue weighted by Crippen LogP contribution is 2.11. The van der Waals surface area contributed by atoms with Gasteiger partial charge in [0.15, 0.2) is 0 Å². The summed E-state index contributed by atoms with van der Waals surface area (Å²) in [4.78, 5) is 10.2. The topological polar surface area (TPSA) is 63.3 Å². The maximum atomic E-state index is 10.2. The van der Waals surface area contributed by atoms with E-state index in [1.54, 1.807) is 6.08 Å². The van der Waals surface area contributed by atoms with Crippen LogP contribution in [0.3, 0.4) is 0 Å². The summed E-state index contributed by atoms with van der Waals surface area (Å²) in [6, 6.07) is 0.0625. The van der Waals surface area contributed by atoms with Crippen molar-refractivity contribution in [3.8, 4) is 0 Å². The van der Waals surface area contributed by atoms with Crippen molar-refractivity contribution in [3.05, 3.63) is 23.8 Å². The molecule has 0 spiro atoms. The molecular weight excluding hydrogens is 142 g/mol. The average Bonchev–Trinajstić information content (AvgIpc) is 1.93. The maximum Gasteiger partial charge on any atom is 0.307 e. The van der Waals surface area contributed by atoms with Crippen LogP contribution in [-0.4, -0.2) is 17.1 Å². The van der Waals surface area contributed by atoms with Gasteiger partial charge in [0, 0.05) is 6.04 Å². The molecule has 0 aromatic carbocycles. The largest absolute Gasteiger partial charge is 0.481 e. The fourth-order valence-corrected chi connectivity index (χ4v) is 0.987. The highest BCUT2D eigenvalue weighted by molar-refractivity contribution is 5.71. The number of carbonyl (C=O) groups is 1. The van der Waals surface area contributed by atoms with Gasteiger partial charge in [-0.05, 0) is 12.0 Å². The molecular formula is C8H11NO2.